The van der Waals surface area contributed by atoms with Crippen molar-refractivity contribution in [2.45, 2.75) is 83.8 Å². The smallest absolute Gasteiger partial charge is 0.394 e. The van der Waals surface area contributed by atoms with E-state index in [1.165, 1.54) is 44.9 Å². The number of ether oxygens (including phenoxy) is 2. The number of methoxy groups -OCH3 is 1. The SMILES string of the molecule is COc1ccccc1C(Cn1c(=O)n(C(C)(C)C(=O)O)c(=O)c2c(C)c(-c3ncco3)sc21)OC1C[C@@H]2CC(C)(C(F)(F)F)C[C@@H]2C1. The number of oxazole rings is 1. The first-order chi connectivity index (χ1) is 22.1. The summed E-state index contributed by atoms with van der Waals surface area (Å²) in [5, 5.41) is 10.2. The minimum absolute atomic E-state index is 0.0354. The number of carboxylic acid groups (broad SMARTS) is 1. The third-order valence-corrected chi connectivity index (χ3v) is 11.3. The van der Waals surface area contributed by atoms with Crippen LogP contribution in [-0.2, 0) is 21.6 Å². The Morgan fingerprint density at radius 2 is 1.85 bits per heavy atom. The number of fused-ring (bicyclic) bond motifs is 2. The third kappa shape index (κ3) is 5.48. The van der Waals surface area contributed by atoms with Crippen molar-refractivity contribution < 1.29 is 37.0 Å². The number of halogens is 3. The van der Waals surface area contributed by atoms with Crippen LogP contribution in [-0.4, -0.2) is 44.6 Å². The van der Waals surface area contributed by atoms with Crippen LogP contribution in [0.1, 0.15) is 63.7 Å². The molecule has 2 fully saturated rings. The van der Waals surface area contributed by atoms with Crippen LogP contribution in [0.3, 0.4) is 0 Å². The Labute approximate surface area is 271 Å². The molecule has 2 aliphatic rings. The van der Waals surface area contributed by atoms with Crippen LogP contribution >= 0.6 is 11.3 Å². The fraction of sp³-hybridized carbons (Fsp3) is 0.515. The molecule has 1 N–H and O–H groups in total. The molecule has 2 aliphatic carbocycles. The zero-order valence-electron chi connectivity index (χ0n) is 26.6. The zero-order valence-corrected chi connectivity index (χ0v) is 27.4. The van der Waals surface area contributed by atoms with Gasteiger partial charge in [0.15, 0.2) is 0 Å². The van der Waals surface area contributed by atoms with E-state index in [9.17, 15) is 32.7 Å². The first-order valence-corrected chi connectivity index (χ1v) is 16.2. The van der Waals surface area contributed by atoms with Crippen molar-refractivity contribution in [2.24, 2.45) is 17.3 Å². The maximum atomic E-state index is 14.3. The largest absolute Gasteiger partial charge is 0.496 e. The van der Waals surface area contributed by atoms with Crippen LogP contribution in [0, 0.1) is 24.2 Å². The summed E-state index contributed by atoms with van der Waals surface area (Å²) >= 11 is 1.12. The van der Waals surface area contributed by atoms with Gasteiger partial charge in [-0.25, -0.2) is 19.1 Å². The third-order valence-electron chi connectivity index (χ3n) is 10.0. The van der Waals surface area contributed by atoms with Gasteiger partial charge in [0.1, 0.15) is 28.5 Å². The number of aryl methyl sites for hydroxylation is 1. The highest BCUT2D eigenvalue weighted by Gasteiger charge is 2.59. The lowest BCUT2D eigenvalue weighted by Gasteiger charge is -2.30. The fourth-order valence-corrected chi connectivity index (χ4v) is 8.66. The molecule has 0 bridgehead atoms. The first-order valence-electron chi connectivity index (χ1n) is 15.3. The molecule has 3 heterocycles. The molecule has 6 rings (SSSR count). The summed E-state index contributed by atoms with van der Waals surface area (Å²) in [4.78, 5) is 45.6. The normalized spacial score (nSPS) is 23.7. The van der Waals surface area contributed by atoms with E-state index in [0.717, 1.165) is 15.9 Å². The number of rotatable bonds is 9. The molecule has 10 nitrogen and oxygen atoms in total. The lowest BCUT2D eigenvalue weighted by Crippen LogP contribution is -2.52. The second-order valence-corrected chi connectivity index (χ2v) is 14.4. The van der Waals surface area contributed by atoms with Crippen LogP contribution in [0.25, 0.3) is 21.0 Å². The van der Waals surface area contributed by atoms with E-state index in [1.807, 2.05) is 0 Å². The first kappa shape index (κ1) is 33.0. The summed E-state index contributed by atoms with van der Waals surface area (Å²) in [6.07, 6.45) is -1.73. The van der Waals surface area contributed by atoms with Crippen molar-refractivity contribution in [2.75, 3.05) is 7.11 Å². The zero-order chi connectivity index (χ0) is 34.1. The predicted molar refractivity (Wildman–Crippen MR) is 168 cm³/mol. The Hall–Kier alpha value is -3.91. The van der Waals surface area contributed by atoms with Gasteiger partial charge in [-0.3, -0.25) is 9.36 Å². The average molecular weight is 676 g/mol. The second kappa shape index (κ2) is 11.7. The summed E-state index contributed by atoms with van der Waals surface area (Å²) in [5.74, 6) is -0.954. The van der Waals surface area contributed by atoms with Crippen molar-refractivity contribution in [1.29, 1.82) is 0 Å². The van der Waals surface area contributed by atoms with Gasteiger partial charge in [0.05, 0.1) is 41.6 Å². The standard InChI is InChI=1S/C33H36F3N3O7S/c1-17-24-27(40)39(31(2,3)29(41)42)30(43)38(28(24)47-25(17)26-37-10-11-45-26)16-23(21-8-6-7-9-22(21)44-5)46-20-12-18-14-32(4,33(34,35)36)15-19(18)13-20/h6-11,18-20,23H,12-16H2,1-5H3,(H,41,42)/t18-,19+,20?,23?,32?. The van der Waals surface area contributed by atoms with Gasteiger partial charge in [-0.05, 0) is 69.9 Å². The number of para-hydroxylation sites is 1. The van der Waals surface area contributed by atoms with Gasteiger partial charge in [-0.1, -0.05) is 25.1 Å². The molecule has 1 aromatic carbocycles. The van der Waals surface area contributed by atoms with Crippen LogP contribution in [0.4, 0.5) is 13.2 Å². The minimum Gasteiger partial charge on any atom is -0.496 e. The number of thiophene rings is 1. The van der Waals surface area contributed by atoms with Gasteiger partial charge >= 0.3 is 17.8 Å². The van der Waals surface area contributed by atoms with Gasteiger partial charge in [0.25, 0.3) is 5.56 Å². The number of aliphatic carboxylic acids is 1. The predicted octanol–water partition coefficient (Wildman–Crippen LogP) is 6.53. The van der Waals surface area contributed by atoms with Gasteiger partial charge in [-0.15, -0.1) is 11.3 Å². The number of alkyl halides is 3. The molecule has 0 spiro atoms. The van der Waals surface area contributed by atoms with Crippen molar-refractivity contribution in [3.8, 4) is 16.5 Å². The van der Waals surface area contributed by atoms with Crippen LogP contribution in [0.15, 0.2) is 50.7 Å². The van der Waals surface area contributed by atoms with E-state index >= 15 is 0 Å². The van der Waals surface area contributed by atoms with E-state index in [0.29, 0.717) is 34.6 Å². The van der Waals surface area contributed by atoms with Crippen LogP contribution in [0.2, 0.25) is 0 Å². The summed E-state index contributed by atoms with van der Waals surface area (Å²) < 4.78 is 61.5. The number of benzene rings is 1. The molecular formula is C33H36F3N3O7S. The highest BCUT2D eigenvalue weighted by molar-refractivity contribution is 7.22. The minimum atomic E-state index is -4.28. The van der Waals surface area contributed by atoms with Gasteiger partial charge in [0, 0.05) is 5.56 Å². The van der Waals surface area contributed by atoms with Crippen LogP contribution < -0.4 is 16.0 Å². The van der Waals surface area contributed by atoms with Gasteiger partial charge < -0.3 is 19.0 Å². The Balaban J connectivity index is 1.47. The number of carbonyl (C=O) groups is 1. The molecule has 4 aromatic rings. The maximum Gasteiger partial charge on any atom is 0.394 e. The second-order valence-electron chi connectivity index (χ2n) is 13.4. The molecule has 252 valence electrons. The lowest BCUT2D eigenvalue weighted by atomic mass is 9.85. The molecule has 0 aliphatic heterocycles. The quantitative estimate of drug-likeness (QED) is 0.212. The molecule has 47 heavy (non-hydrogen) atoms. The molecule has 5 atom stereocenters. The monoisotopic (exact) mass is 675 g/mol. The Kier molecular flexibility index (Phi) is 8.18. The number of aromatic nitrogens is 3. The van der Waals surface area contributed by atoms with E-state index in [1.54, 1.807) is 31.2 Å². The summed E-state index contributed by atoms with van der Waals surface area (Å²) in [6.45, 7) is 5.41. The molecule has 14 heteroatoms. The van der Waals surface area contributed by atoms with E-state index < -0.39 is 46.6 Å². The number of carboxylic acids is 1. The van der Waals surface area contributed by atoms with Gasteiger partial charge in [0.2, 0.25) is 5.89 Å². The Morgan fingerprint density at radius 1 is 1.19 bits per heavy atom. The van der Waals surface area contributed by atoms with Crippen molar-refractivity contribution in [3.63, 3.8) is 0 Å². The Bertz CT molecular complexity index is 1930. The van der Waals surface area contributed by atoms with Crippen molar-refractivity contribution >= 4 is 27.5 Å². The topological polar surface area (TPSA) is 126 Å². The van der Waals surface area contributed by atoms with Gasteiger partial charge in [-0.2, -0.15) is 13.2 Å². The summed E-state index contributed by atoms with van der Waals surface area (Å²) in [5.41, 5.74) is -4.16. The van der Waals surface area contributed by atoms with Crippen molar-refractivity contribution in [3.05, 3.63) is 68.7 Å². The molecule has 3 aromatic heterocycles. The molecule has 0 radical (unpaired) electrons. The summed E-state index contributed by atoms with van der Waals surface area (Å²) in [6, 6.07) is 7.10. The molecule has 0 amide bonds. The average Bonchev–Trinajstić information content (AvgIpc) is 3.78. The molecular weight excluding hydrogens is 639 g/mol. The molecule has 0 saturated heterocycles. The highest BCUT2D eigenvalue weighted by Crippen LogP contribution is 2.59. The van der Waals surface area contributed by atoms with Crippen molar-refractivity contribution in [1.82, 2.24) is 14.1 Å². The number of nitrogens with zero attached hydrogens (tertiary/aromatic N) is 3. The van der Waals surface area contributed by atoms with E-state index in [-0.39, 0.29) is 47.3 Å². The number of hydrogen-bond acceptors (Lipinski definition) is 8. The lowest BCUT2D eigenvalue weighted by molar-refractivity contribution is -0.218. The number of hydrogen-bond donors (Lipinski definition) is 1. The highest BCUT2D eigenvalue weighted by atomic mass is 32.1. The van der Waals surface area contributed by atoms with Crippen LogP contribution in [0.5, 0.6) is 5.75 Å². The molecule has 3 unspecified atom stereocenters. The fourth-order valence-electron chi connectivity index (χ4n) is 7.42. The Morgan fingerprint density at radius 3 is 2.43 bits per heavy atom. The molecule has 2 saturated carbocycles. The van der Waals surface area contributed by atoms with E-state index in [4.69, 9.17) is 13.9 Å². The maximum absolute atomic E-state index is 14.3. The summed E-state index contributed by atoms with van der Waals surface area (Å²) in [7, 11) is 1.50. The van der Waals surface area contributed by atoms with E-state index in [2.05, 4.69) is 4.98 Å².